The lowest BCUT2D eigenvalue weighted by molar-refractivity contribution is -0.115. The average molecular weight is 220 g/mol. The lowest BCUT2D eigenvalue weighted by Gasteiger charge is -2.13. The Morgan fingerprint density at radius 1 is 1.54 bits per heavy atom. The number of carbonyl (C=O) groups is 1. The molecule has 7 heteroatoms. The summed E-state index contributed by atoms with van der Waals surface area (Å²) in [4.78, 5) is 11.9. The van der Waals surface area contributed by atoms with Crippen molar-refractivity contribution in [2.75, 3.05) is 11.5 Å². The van der Waals surface area contributed by atoms with Crippen molar-refractivity contribution in [2.45, 2.75) is 12.1 Å². The van der Waals surface area contributed by atoms with Gasteiger partial charge in [-0.3, -0.25) is 9.69 Å². The zero-order chi connectivity index (χ0) is 9.64. The molecule has 5 nitrogen and oxygen atoms in total. The first-order chi connectivity index (χ1) is 6.03. The van der Waals surface area contributed by atoms with Crippen LogP contribution in [0.25, 0.3) is 0 Å². The first-order valence-corrected chi connectivity index (χ1v) is 6.01. The van der Waals surface area contributed by atoms with Crippen LogP contribution in [0.15, 0.2) is 0 Å². The van der Waals surface area contributed by atoms with Crippen molar-refractivity contribution in [3.63, 3.8) is 0 Å². The van der Waals surface area contributed by atoms with E-state index in [0.717, 1.165) is 0 Å². The topological polar surface area (TPSA) is 66.5 Å². The first-order valence-electron chi connectivity index (χ1n) is 3.78. The summed E-state index contributed by atoms with van der Waals surface area (Å²) in [7, 11) is -2.99. The highest BCUT2D eigenvalue weighted by Crippen LogP contribution is 2.22. The van der Waals surface area contributed by atoms with E-state index in [1.807, 2.05) is 0 Å². The molecule has 0 aromatic rings. The highest BCUT2D eigenvalue weighted by Gasteiger charge is 2.47. The standard InChI is InChI=1S/C6H8N2O3S2/c9-3-8-5-2-13(10,11)1-4(5)7-6(8)12/h3-5H,1-2H2,(H,7,12)/t4-,5+/m0/s1. The van der Waals surface area contributed by atoms with Crippen LogP contribution in [-0.2, 0) is 14.6 Å². The maximum Gasteiger partial charge on any atom is 0.216 e. The summed E-state index contributed by atoms with van der Waals surface area (Å²) in [5.74, 6) is 0.0890. The van der Waals surface area contributed by atoms with E-state index in [4.69, 9.17) is 12.2 Å². The summed E-state index contributed by atoms with van der Waals surface area (Å²) in [6.45, 7) is 0. The van der Waals surface area contributed by atoms with Gasteiger partial charge in [0.15, 0.2) is 14.9 Å². The molecule has 0 aliphatic carbocycles. The second kappa shape index (κ2) is 2.65. The van der Waals surface area contributed by atoms with E-state index in [1.165, 1.54) is 4.90 Å². The quantitative estimate of drug-likeness (QED) is 0.430. The van der Waals surface area contributed by atoms with Gasteiger partial charge in [0.25, 0.3) is 0 Å². The molecule has 2 saturated heterocycles. The Kier molecular flexibility index (Phi) is 1.81. The van der Waals surface area contributed by atoms with E-state index in [-0.39, 0.29) is 23.6 Å². The Balaban J connectivity index is 2.29. The number of carbonyl (C=O) groups excluding carboxylic acids is 1. The van der Waals surface area contributed by atoms with Gasteiger partial charge in [0, 0.05) is 0 Å². The molecule has 2 rings (SSSR count). The van der Waals surface area contributed by atoms with Crippen LogP contribution in [0.4, 0.5) is 0 Å². The number of hydrogen-bond donors (Lipinski definition) is 1. The van der Waals surface area contributed by atoms with Crippen LogP contribution in [0.5, 0.6) is 0 Å². The fourth-order valence-corrected chi connectivity index (χ4v) is 3.98. The average Bonchev–Trinajstić information content (AvgIpc) is 2.39. The summed E-state index contributed by atoms with van der Waals surface area (Å²) in [5.41, 5.74) is 0. The van der Waals surface area contributed by atoms with Gasteiger partial charge in [-0.1, -0.05) is 0 Å². The summed E-state index contributed by atoms with van der Waals surface area (Å²) < 4.78 is 22.4. The molecule has 2 aliphatic heterocycles. The summed E-state index contributed by atoms with van der Waals surface area (Å²) in [6.07, 6.45) is 0.584. The van der Waals surface area contributed by atoms with Crippen LogP contribution in [0.3, 0.4) is 0 Å². The molecule has 0 aromatic carbocycles. The molecule has 0 unspecified atom stereocenters. The van der Waals surface area contributed by atoms with Crippen LogP contribution >= 0.6 is 12.2 Å². The van der Waals surface area contributed by atoms with Gasteiger partial charge in [-0.25, -0.2) is 8.42 Å². The van der Waals surface area contributed by atoms with E-state index in [9.17, 15) is 13.2 Å². The van der Waals surface area contributed by atoms with Crippen molar-refractivity contribution in [3.05, 3.63) is 0 Å². The van der Waals surface area contributed by atoms with Gasteiger partial charge in [-0.15, -0.1) is 0 Å². The highest BCUT2D eigenvalue weighted by molar-refractivity contribution is 7.91. The number of hydrogen-bond acceptors (Lipinski definition) is 4. The number of thiocarbonyl (C=S) groups is 1. The van der Waals surface area contributed by atoms with Gasteiger partial charge in [-0.05, 0) is 12.2 Å². The molecule has 2 atom stereocenters. The van der Waals surface area contributed by atoms with E-state index < -0.39 is 9.84 Å². The Labute approximate surface area is 81.0 Å². The summed E-state index contributed by atoms with van der Waals surface area (Å²) in [5, 5.41) is 3.15. The van der Waals surface area contributed by atoms with Gasteiger partial charge >= 0.3 is 0 Å². The van der Waals surface area contributed by atoms with Gasteiger partial charge in [0.05, 0.1) is 23.6 Å². The second-order valence-corrected chi connectivity index (χ2v) is 5.75. The van der Waals surface area contributed by atoms with Crippen molar-refractivity contribution in [2.24, 2.45) is 0 Å². The zero-order valence-electron chi connectivity index (χ0n) is 6.63. The number of rotatable bonds is 1. The predicted octanol–water partition coefficient (Wildman–Crippen LogP) is -1.50. The van der Waals surface area contributed by atoms with Gasteiger partial charge in [0.2, 0.25) is 6.41 Å². The fourth-order valence-electron chi connectivity index (χ4n) is 1.75. The minimum Gasteiger partial charge on any atom is -0.356 e. The van der Waals surface area contributed by atoms with E-state index in [2.05, 4.69) is 5.32 Å². The molecule has 13 heavy (non-hydrogen) atoms. The molecule has 1 N–H and O–H groups in total. The van der Waals surface area contributed by atoms with Crippen molar-refractivity contribution in [3.8, 4) is 0 Å². The molecule has 2 heterocycles. The van der Waals surface area contributed by atoms with E-state index in [0.29, 0.717) is 11.5 Å². The largest absolute Gasteiger partial charge is 0.356 e. The predicted molar refractivity (Wildman–Crippen MR) is 49.9 cm³/mol. The van der Waals surface area contributed by atoms with E-state index >= 15 is 0 Å². The molecule has 2 fully saturated rings. The summed E-state index contributed by atoms with van der Waals surface area (Å²) >= 11 is 4.86. The molecule has 2 aliphatic rings. The number of nitrogens with one attached hydrogen (secondary N) is 1. The van der Waals surface area contributed by atoms with Gasteiger partial charge in [0.1, 0.15) is 0 Å². The molecular weight excluding hydrogens is 212 g/mol. The fraction of sp³-hybridized carbons (Fsp3) is 0.667. The maximum atomic E-state index is 11.2. The molecule has 0 aromatic heterocycles. The van der Waals surface area contributed by atoms with Crippen molar-refractivity contribution >= 4 is 33.6 Å². The molecule has 0 saturated carbocycles. The summed E-state index contributed by atoms with van der Waals surface area (Å²) in [6, 6.07) is -0.502. The highest BCUT2D eigenvalue weighted by atomic mass is 32.2. The molecular formula is C6H8N2O3S2. The Morgan fingerprint density at radius 2 is 2.23 bits per heavy atom. The number of fused-ring (bicyclic) bond motifs is 1. The van der Waals surface area contributed by atoms with Crippen molar-refractivity contribution < 1.29 is 13.2 Å². The molecule has 72 valence electrons. The third kappa shape index (κ3) is 1.31. The minimum atomic E-state index is -2.99. The van der Waals surface area contributed by atoms with Crippen molar-refractivity contribution in [1.29, 1.82) is 0 Å². The van der Waals surface area contributed by atoms with E-state index in [1.54, 1.807) is 0 Å². The van der Waals surface area contributed by atoms with Gasteiger partial charge in [-0.2, -0.15) is 0 Å². The van der Waals surface area contributed by atoms with Crippen LogP contribution < -0.4 is 5.32 Å². The van der Waals surface area contributed by atoms with Crippen LogP contribution in [0.1, 0.15) is 0 Å². The molecule has 1 amide bonds. The van der Waals surface area contributed by atoms with Crippen LogP contribution in [-0.4, -0.2) is 48.4 Å². The monoisotopic (exact) mass is 220 g/mol. The second-order valence-electron chi connectivity index (χ2n) is 3.21. The first kappa shape index (κ1) is 8.89. The normalized spacial score (nSPS) is 35.7. The Bertz CT molecular complexity index is 364. The molecule has 0 bridgehead atoms. The van der Waals surface area contributed by atoms with Crippen molar-refractivity contribution in [1.82, 2.24) is 10.2 Å². The lowest BCUT2D eigenvalue weighted by Crippen LogP contribution is -2.35. The van der Waals surface area contributed by atoms with Gasteiger partial charge < -0.3 is 5.32 Å². The smallest absolute Gasteiger partial charge is 0.216 e. The minimum absolute atomic E-state index is 0.0174. The lowest BCUT2D eigenvalue weighted by atomic mass is 10.2. The molecule has 0 radical (unpaired) electrons. The number of amides is 1. The number of sulfone groups is 1. The number of nitrogens with zero attached hydrogens (tertiary/aromatic N) is 1. The molecule has 0 spiro atoms. The maximum absolute atomic E-state index is 11.2. The zero-order valence-corrected chi connectivity index (χ0v) is 8.27. The Hall–Kier alpha value is -0.690. The Morgan fingerprint density at radius 3 is 2.85 bits per heavy atom. The van der Waals surface area contributed by atoms with Crippen LogP contribution in [0, 0.1) is 0 Å². The third-order valence-corrected chi connectivity index (χ3v) is 4.38. The van der Waals surface area contributed by atoms with Crippen LogP contribution in [0.2, 0.25) is 0 Å². The SMILES string of the molecule is O=CN1C(=S)N[C@H]2CS(=O)(=O)C[C@H]21. The third-order valence-electron chi connectivity index (χ3n) is 2.34.